The zero-order chi connectivity index (χ0) is 12.7. The molecular formula is C13H15NO4. The van der Waals surface area contributed by atoms with E-state index in [2.05, 4.69) is 0 Å². The van der Waals surface area contributed by atoms with Gasteiger partial charge in [-0.15, -0.1) is 0 Å². The van der Waals surface area contributed by atoms with E-state index in [9.17, 15) is 9.90 Å². The molecule has 0 unspecified atom stereocenters. The lowest BCUT2D eigenvalue weighted by atomic mass is 9.94. The fraction of sp³-hybridized carbons (Fsp3) is 0.462. The average molecular weight is 249 g/mol. The van der Waals surface area contributed by atoms with Crippen molar-refractivity contribution in [1.82, 2.24) is 0 Å². The molecule has 0 bridgehead atoms. The molecule has 96 valence electrons. The van der Waals surface area contributed by atoms with Gasteiger partial charge in [-0.2, -0.15) is 0 Å². The van der Waals surface area contributed by atoms with Gasteiger partial charge in [0.1, 0.15) is 11.9 Å². The van der Waals surface area contributed by atoms with Crippen molar-refractivity contribution >= 4 is 11.8 Å². The number of benzene rings is 1. The number of phenolic OH excluding ortho intramolecular Hbond substituents is 1. The highest BCUT2D eigenvalue weighted by atomic mass is 16.6. The molecule has 0 radical (unpaired) electrons. The van der Waals surface area contributed by atoms with Crippen LogP contribution in [0.1, 0.15) is 12.0 Å². The summed E-state index contributed by atoms with van der Waals surface area (Å²) in [5.74, 6) is 0.230. The Morgan fingerprint density at radius 2 is 2.39 bits per heavy atom. The Hall–Kier alpha value is -1.75. The molecular weight excluding hydrogens is 234 g/mol. The number of nitrogens with zero attached hydrogens (tertiary/aromatic N) is 1. The van der Waals surface area contributed by atoms with Crippen LogP contribution in [-0.2, 0) is 15.9 Å². The van der Waals surface area contributed by atoms with Crippen LogP contribution in [0.2, 0.25) is 0 Å². The summed E-state index contributed by atoms with van der Waals surface area (Å²) in [7, 11) is 1.60. The molecule has 1 N–H and O–H groups in total. The smallest absolute Gasteiger partial charge is 0.415 e. The number of carbonyl (C=O) groups is 1. The first-order valence-electron chi connectivity index (χ1n) is 6.01. The number of hydrogen-bond donors (Lipinski definition) is 1. The highest BCUT2D eigenvalue weighted by Crippen LogP contribution is 2.38. The Morgan fingerprint density at radius 1 is 1.56 bits per heavy atom. The molecule has 18 heavy (non-hydrogen) atoms. The normalized spacial score (nSPS) is 25.6. The van der Waals surface area contributed by atoms with Gasteiger partial charge in [0.05, 0.1) is 18.3 Å². The van der Waals surface area contributed by atoms with Crippen LogP contribution in [0.5, 0.6) is 5.75 Å². The Labute approximate surface area is 105 Å². The Balaban J connectivity index is 1.97. The molecule has 1 amide bonds. The molecule has 2 aliphatic rings. The van der Waals surface area contributed by atoms with Crippen molar-refractivity contribution in [3.05, 3.63) is 23.8 Å². The molecule has 5 heteroatoms. The number of aryl methyl sites for hydroxylation is 1. The van der Waals surface area contributed by atoms with E-state index < -0.39 is 0 Å². The van der Waals surface area contributed by atoms with Crippen molar-refractivity contribution in [2.45, 2.75) is 25.0 Å². The number of hydrogen-bond acceptors (Lipinski definition) is 4. The van der Waals surface area contributed by atoms with Crippen LogP contribution in [0.4, 0.5) is 10.5 Å². The molecule has 1 fully saturated rings. The molecule has 3 rings (SSSR count). The molecule has 0 spiro atoms. The number of amides is 1. The van der Waals surface area contributed by atoms with Gasteiger partial charge in [-0.1, -0.05) is 0 Å². The molecule has 0 saturated carbocycles. The maximum Gasteiger partial charge on any atom is 0.415 e. The van der Waals surface area contributed by atoms with Gasteiger partial charge in [0.2, 0.25) is 0 Å². The minimum atomic E-state index is -0.325. The van der Waals surface area contributed by atoms with E-state index in [4.69, 9.17) is 9.47 Å². The highest BCUT2D eigenvalue weighted by Gasteiger charge is 2.45. The lowest BCUT2D eigenvalue weighted by Crippen LogP contribution is -2.41. The number of fused-ring (bicyclic) bond motifs is 3. The first kappa shape index (κ1) is 11.3. The second-order valence-electron chi connectivity index (χ2n) is 4.67. The van der Waals surface area contributed by atoms with Crippen LogP contribution in [0.25, 0.3) is 0 Å². The lowest BCUT2D eigenvalue weighted by molar-refractivity contribution is 0.0581. The number of ether oxygens (including phenoxy) is 2. The summed E-state index contributed by atoms with van der Waals surface area (Å²) in [4.78, 5) is 13.6. The summed E-state index contributed by atoms with van der Waals surface area (Å²) < 4.78 is 10.4. The van der Waals surface area contributed by atoms with E-state index in [1.54, 1.807) is 30.2 Å². The van der Waals surface area contributed by atoms with Gasteiger partial charge in [-0.3, -0.25) is 4.90 Å². The maximum absolute atomic E-state index is 11.9. The van der Waals surface area contributed by atoms with E-state index in [1.807, 2.05) is 0 Å². The van der Waals surface area contributed by atoms with Gasteiger partial charge < -0.3 is 14.6 Å². The van der Waals surface area contributed by atoms with E-state index in [-0.39, 0.29) is 24.0 Å². The van der Waals surface area contributed by atoms with Crippen LogP contribution in [-0.4, -0.2) is 37.1 Å². The zero-order valence-electron chi connectivity index (χ0n) is 10.1. The SMILES string of the molecule is COC[C@H]1OC(=O)N2c3ccc(O)cc3CC[C@@H]12. The first-order chi connectivity index (χ1) is 8.70. The number of cyclic esters (lactones) is 1. The number of carbonyl (C=O) groups excluding carboxylic acids is 1. The van der Waals surface area contributed by atoms with Crippen molar-refractivity contribution in [2.24, 2.45) is 0 Å². The lowest BCUT2D eigenvalue weighted by Gasteiger charge is -2.31. The number of anilines is 1. The second kappa shape index (κ2) is 4.17. The molecule has 1 aromatic rings. The fourth-order valence-electron chi connectivity index (χ4n) is 2.78. The van der Waals surface area contributed by atoms with Gasteiger partial charge in [-0.05, 0) is 36.6 Å². The minimum absolute atomic E-state index is 0.0366. The topological polar surface area (TPSA) is 59.0 Å². The van der Waals surface area contributed by atoms with Crippen molar-refractivity contribution in [1.29, 1.82) is 0 Å². The van der Waals surface area contributed by atoms with Crippen molar-refractivity contribution < 1.29 is 19.4 Å². The predicted octanol–water partition coefficient (Wildman–Crippen LogP) is 1.68. The van der Waals surface area contributed by atoms with Gasteiger partial charge in [0.25, 0.3) is 0 Å². The van der Waals surface area contributed by atoms with Crippen molar-refractivity contribution in [3.63, 3.8) is 0 Å². The van der Waals surface area contributed by atoms with E-state index in [0.29, 0.717) is 6.61 Å². The summed E-state index contributed by atoms with van der Waals surface area (Å²) in [6.07, 6.45) is 1.14. The predicted molar refractivity (Wildman–Crippen MR) is 64.8 cm³/mol. The quantitative estimate of drug-likeness (QED) is 0.866. The maximum atomic E-state index is 11.9. The molecule has 5 nitrogen and oxygen atoms in total. The molecule has 0 aliphatic carbocycles. The molecule has 1 aromatic carbocycles. The third-order valence-electron chi connectivity index (χ3n) is 3.57. The Morgan fingerprint density at radius 3 is 3.17 bits per heavy atom. The van der Waals surface area contributed by atoms with Crippen LogP contribution >= 0.6 is 0 Å². The third kappa shape index (κ3) is 1.62. The molecule has 0 aromatic heterocycles. The van der Waals surface area contributed by atoms with Crippen LogP contribution < -0.4 is 4.90 Å². The molecule has 2 atom stereocenters. The zero-order valence-corrected chi connectivity index (χ0v) is 10.1. The minimum Gasteiger partial charge on any atom is -0.508 e. The van der Waals surface area contributed by atoms with Gasteiger partial charge in [-0.25, -0.2) is 4.79 Å². The summed E-state index contributed by atoms with van der Waals surface area (Å²) in [6, 6.07) is 5.11. The number of phenols is 1. The monoisotopic (exact) mass is 249 g/mol. The van der Waals surface area contributed by atoms with E-state index in [1.165, 1.54) is 0 Å². The van der Waals surface area contributed by atoms with Crippen molar-refractivity contribution in [2.75, 3.05) is 18.6 Å². The van der Waals surface area contributed by atoms with Gasteiger partial charge in [0.15, 0.2) is 0 Å². The molecule has 2 heterocycles. The Bertz CT molecular complexity index is 488. The molecule has 1 saturated heterocycles. The summed E-state index contributed by atoms with van der Waals surface area (Å²) >= 11 is 0. The van der Waals surface area contributed by atoms with Crippen LogP contribution in [0, 0.1) is 0 Å². The largest absolute Gasteiger partial charge is 0.508 e. The van der Waals surface area contributed by atoms with Gasteiger partial charge >= 0.3 is 6.09 Å². The summed E-state index contributed by atoms with van der Waals surface area (Å²) in [5.41, 5.74) is 1.83. The average Bonchev–Trinajstić information content (AvgIpc) is 2.67. The summed E-state index contributed by atoms with van der Waals surface area (Å²) in [5, 5.41) is 9.48. The van der Waals surface area contributed by atoms with Gasteiger partial charge in [0, 0.05) is 7.11 Å². The Kier molecular flexibility index (Phi) is 2.63. The second-order valence-corrected chi connectivity index (χ2v) is 4.67. The highest BCUT2D eigenvalue weighted by molar-refractivity contribution is 5.92. The number of aromatic hydroxyl groups is 1. The van der Waals surface area contributed by atoms with Crippen LogP contribution in [0.15, 0.2) is 18.2 Å². The standard InChI is InChI=1S/C13H15NO4/c1-17-7-12-11-4-2-8-6-9(15)3-5-10(8)14(11)13(16)18-12/h3,5-6,11-12,15H,2,4,7H2,1H3/t11-,12+/m0/s1. The van der Waals surface area contributed by atoms with Crippen molar-refractivity contribution in [3.8, 4) is 5.75 Å². The van der Waals surface area contributed by atoms with E-state index >= 15 is 0 Å². The number of methoxy groups -OCH3 is 1. The first-order valence-corrected chi connectivity index (χ1v) is 6.01. The van der Waals surface area contributed by atoms with E-state index in [0.717, 1.165) is 24.1 Å². The number of rotatable bonds is 2. The molecule has 2 aliphatic heterocycles. The fourth-order valence-corrected chi connectivity index (χ4v) is 2.78. The summed E-state index contributed by atoms with van der Waals surface area (Å²) in [6.45, 7) is 0.417. The van der Waals surface area contributed by atoms with Crippen LogP contribution in [0.3, 0.4) is 0 Å². The third-order valence-corrected chi connectivity index (χ3v) is 3.57.